The fourth-order valence-corrected chi connectivity index (χ4v) is 2.08. The molecule has 0 aromatic heterocycles. The van der Waals surface area contributed by atoms with Crippen LogP contribution < -0.4 is 20.9 Å². The predicted molar refractivity (Wildman–Crippen MR) is 73.0 cm³/mol. The first kappa shape index (κ1) is 12.7. The first-order chi connectivity index (χ1) is 8.71. The SMILES string of the molecule is COc1ccc2c(OC)ccc(C(N)CN)c2c1. The minimum Gasteiger partial charge on any atom is -0.497 e. The normalized spacial score (nSPS) is 12.4. The van der Waals surface area contributed by atoms with Crippen molar-refractivity contribution in [2.45, 2.75) is 6.04 Å². The van der Waals surface area contributed by atoms with Gasteiger partial charge < -0.3 is 20.9 Å². The van der Waals surface area contributed by atoms with Crippen molar-refractivity contribution in [2.24, 2.45) is 11.5 Å². The van der Waals surface area contributed by atoms with E-state index in [1.165, 1.54) is 0 Å². The molecule has 1 atom stereocenters. The van der Waals surface area contributed by atoms with E-state index in [0.717, 1.165) is 27.8 Å². The second-order valence-electron chi connectivity index (χ2n) is 4.11. The number of fused-ring (bicyclic) bond motifs is 1. The molecule has 4 heteroatoms. The van der Waals surface area contributed by atoms with Gasteiger partial charge in [-0.1, -0.05) is 6.07 Å². The van der Waals surface area contributed by atoms with Crippen LogP contribution in [0.3, 0.4) is 0 Å². The van der Waals surface area contributed by atoms with Crippen molar-refractivity contribution in [3.8, 4) is 11.5 Å². The molecule has 0 aliphatic rings. The summed E-state index contributed by atoms with van der Waals surface area (Å²) >= 11 is 0. The monoisotopic (exact) mass is 246 g/mol. The van der Waals surface area contributed by atoms with E-state index in [9.17, 15) is 0 Å². The second kappa shape index (κ2) is 5.25. The summed E-state index contributed by atoms with van der Waals surface area (Å²) in [5, 5.41) is 2.03. The summed E-state index contributed by atoms with van der Waals surface area (Å²) in [7, 11) is 3.30. The number of rotatable bonds is 4. The molecule has 0 amide bonds. The first-order valence-electron chi connectivity index (χ1n) is 5.81. The van der Waals surface area contributed by atoms with Gasteiger partial charge in [-0.25, -0.2) is 0 Å². The Hall–Kier alpha value is -1.78. The fourth-order valence-electron chi connectivity index (χ4n) is 2.08. The maximum absolute atomic E-state index is 6.04. The zero-order valence-corrected chi connectivity index (χ0v) is 10.6. The maximum atomic E-state index is 6.04. The molecule has 0 aliphatic heterocycles. The van der Waals surface area contributed by atoms with Crippen LogP contribution in [0.2, 0.25) is 0 Å². The molecule has 0 spiro atoms. The standard InChI is InChI=1S/C14H18N2O2/c1-17-9-3-4-11-12(7-9)10(13(16)8-15)5-6-14(11)18-2/h3-7,13H,8,15-16H2,1-2H3. The van der Waals surface area contributed by atoms with E-state index >= 15 is 0 Å². The minimum absolute atomic E-state index is 0.189. The summed E-state index contributed by atoms with van der Waals surface area (Å²) in [6.07, 6.45) is 0. The van der Waals surface area contributed by atoms with Crippen LogP contribution in [-0.2, 0) is 0 Å². The average molecular weight is 246 g/mol. The molecular formula is C14H18N2O2. The highest BCUT2D eigenvalue weighted by Gasteiger charge is 2.12. The number of hydrogen-bond donors (Lipinski definition) is 2. The van der Waals surface area contributed by atoms with Crippen LogP contribution in [0.5, 0.6) is 11.5 Å². The third-order valence-corrected chi connectivity index (χ3v) is 3.09. The summed E-state index contributed by atoms with van der Waals surface area (Å²) in [5.41, 5.74) is 12.7. The Morgan fingerprint density at radius 3 is 2.44 bits per heavy atom. The van der Waals surface area contributed by atoms with Gasteiger partial charge in [0.2, 0.25) is 0 Å². The van der Waals surface area contributed by atoms with Gasteiger partial charge in [0.25, 0.3) is 0 Å². The molecule has 0 radical (unpaired) electrons. The summed E-state index contributed by atoms with van der Waals surface area (Å²) in [4.78, 5) is 0. The molecule has 0 bridgehead atoms. The highest BCUT2D eigenvalue weighted by molar-refractivity contribution is 5.92. The van der Waals surface area contributed by atoms with E-state index in [2.05, 4.69) is 0 Å². The van der Waals surface area contributed by atoms with E-state index in [1.807, 2.05) is 30.3 Å². The van der Waals surface area contributed by atoms with Crippen molar-refractivity contribution in [2.75, 3.05) is 20.8 Å². The van der Waals surface area contributed by atoms with Crippen molar-refractivity contribution < 1.29 is 9.47 Å². The first-order valence-corrected chi connectivity index (χ1v) is 5.81. The number of ether oxygens (including phenoxy) is 2. The molecule has 4 nitrogen and oxygen atoms in total. The zero-order chi connectivity index (χ0) is 13.1. The Kier molecular flexibility index (Phi) is 3.69. The second-order valence-corrected chi connectivity index (χ2v) is 4.11. The molecule has 2 aromatic carbocycles. The molecular weight excluding hydrogens is 228 g/mol. The summed E-state index contributed by atoms with van der Waals surface area (Å²) in [6, 6.07) is 9.52. The van der Waals surface area contributed by atoms with Gasteiger partial charge in [-0.3, -0.25) is 0 Å². The van der Waals surface area contributed by atoms with Gasteiger partial charge >= 0.3 is 0 Å². The number of methoxy groups -OCH3 is 2. The molecule has 1 unspecified atom stereocenters. The molecule has 0 heterocycles. The molecule has 2 rings (SSSR count). The van der Waals surface area contributed by atoms with Crippen LogP contribution >= 0.6 is 0 Å². The Balaban J connectivity index is 2.71. The average Bonchev–Trinajstić information content (AvgIpc) is 2.44. The molecule has 96 valence electrons. The molecule has 18 heavy (non-hydrogen) atoms. The highest BCUT2D eigenvalue weighted by Crippen LogP contribution is 2.33. The number of benzene rings is 2. The van der Waals surface area contributed by atoms with Gasteiger partial charge in [0.05, 0.1) is 14.2 Å². The van der Waals surface area contributed by atoms with E-state index in [-0.39, 0.29) is 6.04 Å². The van der Waals surface area contributed by atoms with Crippen molar-refractivity contribution in [3.63, 3.8) is 0 Å². The largest absolute Gasteiger partial charge is 0.497 e. The molecule has 4 N–H and O–H groups in total. The smallest absolute Gasteiger partial charge is 0.126 e. The maximum Gasteiger partial charge on any atom is 0.126 e. The Labute approximate surface area is 106 Å². The lowest BCUT2D eigenvalue weighted by Gasteiger charge is -2.15. The van der Waals surface area contributed by atoms with Crippen molar-refractivity contribution >= 4 is 10.8 Å². The summed E-state index contributed by atoms with van der Waals surface area (Å²) in [6.45, 7) is 0.401. The van der Waals surface area contributed by atoms with Crippen LogP contribution in [0.25, 0.3) is 10.8 Å². The lowest BCUT2D eigenvalue weighted by atomic mass is 9.98. The third-order valence-electron chi connectivity index (χ3n) is 3.09. The van der Waals surface area contributed by atoms with E-state index in [0.29, 0.717) is 6.54 Å². The van der Waals surface area contributed by atoms with Crippen molar-refractivity contribution in [1.29, 1.82) is 0 Å². The lowest BCUT2D eigenvalue weighted by molar-refractivity contribution is 0.414. The minimum atomic E-state index is -0.189. The highest BCUT2D eigenvalue weighted by atomic mass is 16.5. The van der Waals surface area contributed by atoms with E-state index < -0.39 is 0 Å². The molecule has 0 fully saturated rings. The number of nitrogens with two attached hydrogens (primary N) is 2. The topological polar surface area (TPSA) is 70.5 Å². The van der Waals surface area contributed by atoms with E-state index in [1.54, 1.807) is 14.2 Å². The Morgan fingerprint density at radius 1 is 1.06 bits per heavy atom. The molecule has 0 saturated heterocycles. The quantitative estimate of drug-likeness (QED) is 0.863. The van der Waals surface area contributed by atoms with Gasteiger partial charge in [0.1, 0.15) is 11.5 Å². The van der Waals surface area contributed by atoms with Gasteiger partial charge in [-0.05, 0) is 35.2 Å². The van der Waals surface area contributed by atoms with Crippen molar-refractivity contribution in [1.82, 2.24) is 0 Å². The third kappa shape index (κ3) is 2.12. The number of hydrogen-bond acceptors (Lipinski definition) is 4. The van der Waals surface area contributed by atoms with Crippen LogP contribution in [0.4, 0.5) is 0 Å². The Morgan fingerprint density at radius 2 is 1.83 bits per heavy atom. The molecule has 2 aromatic rings. The van der Waals surface area contributed by atoms with Gasteiger partial charge in [0, 0.05) is 18.0 Å². The van der Waals surface area contributed by atoms with E-state index in [4.69, 9.17) is 20.9 Å². The lowest BCUT2D eigenvalue weighted by Crippen LogP contribution is -2.21. The van der Waals surface area contributed by atoms with Crippen LogP contribution in [0.1, 0.15) is 11.6 Å². The zero-order valence-electron chi connectivity index (χ0n) is 10.6. The summed E-state index contributed by atoms with van der Waals surface area (Å²) < 4.78 is 10.6. The molecule has 0 aliphatic carbocycles. The fraction of sp³-hybridized carbons (Fsp3) is 0.286. The van der Waals surface area contributed by atoms with Crippen LogP contribution in [0.15, 0.2) is 30.3 Å². The summed E-state index contributed by atoms with van der Waals surface area (Å²) in [5.74, 6) is 1.61. The Bertz CT molecular complexity index is 555. The van der Waals surface area contributed by atoms with Crippen molar-refractivity contribution in [3.05, 3.63) is 35.9 Å². The van der Waals surface area contributed by atoms with Gasteiger partial charge in [-0.2, -0.15) is 0 Å². The van der Waals surface area contributed by atoms with Crippen LogP contribution in [-0.4, -0.2) is 20.8 Å². The predicted octanol–water partition coefficient (Wildman–Crippen LogP) is 1.82. The van der Waals surface area contributed by atoms with Gasteiger partial charge in [0.15, 0.2) is 0 Å². The van der Waals surface area contributed by atoms with Gasteiger partial charge in [-0.15, -0.1) is 0 Å². The molecule has 0 saturated carbocycles. The van der Waals surface area contributed by atoms with Crippen LogP contribution in [0, 0.1) is 0 Å².